The van der Waals surface area contributed by atoms with Crippen molar-refractivity contribution in [2.45, 2.75) is 192 Å². The molecule has 1 unspecified atom stereocenters. The molecule has 15 N–H and O–H groups in total. The predicted octanol–water partition coefficient (Wildman–Crippen LogP) is -1.04. The summed E-state index contributed by atoms with van der Waals surface area (Å²) in [5.74, 6) is -2.62. The maximum atomic E-state index is 14.0. The third-order valence-corrected chi connectivity index (χ3v) is 17.2. The van der Waals surface area contributed by atoms with E-state index in [0.717, 1.165) is 43.4 Å². The van der Waals surface area contributed by atoms with Crippen LogP contribution in [0.25, 0.3) is 0 Å². The summed E-state index contributed by atoms with van der Waals surface area (Å²) in [5, 5.41) is 54.1. The van der Waals surface area contributed by atoms with Crippen LogP contribution in [0.5, 0.6) is 0 Å². The van der Waals surface area contributed by atoms with Gasteiger partial charge >= 0.3 is 0 Å². The Kier molecular flexibility index (Phi) is 49.5. The fourth-order valence-corrected chi connectivity index (χ4v) is 11.6. The average molecular weight is 1540 g/mol. The standard InChI is InChI=1S/C71H123N15O22/c1-53(72)45-74-50-104-41-38-101-35-32-98-29-25-77-63(92)18-21-71(82-66(95)13-11-9-7-5-4-6-8-10-12-62(91)76-24-28-86-67(96)16-17-68(86)97,22-19-64(93)78-26-30-99-33-36-102-39-42-105-51-75-46-58(73)69-60(81-55(3)89)44-56(90)49-107-69)23-20-65(94)79-27-31-100-34-37-103-40-43-106-52-85-47-61(83-84-85)70-59(80-54(2)88)15-14-57(48-87)108-70/h16-17,45-47,56-57,59-60,69-70,74-75,87,90H,4-15,18-44,48-52,72-73H2,1-3H3,(H,76,91)(H,77,92)(H,78,93)(H,79,94)(H,80,88)(H,81,89)(H,82,95)/b53-45-,58-46-/t56-,57+,59-,60-,69+,70-,71?/m1/s1. The highest BCUT2D eigenvalue weighted by molar-refractivity contribution is 6.12. The van der Waals surface area contributed by atoms with E-state index in [2.05, 4.69) is 58.2 Å². The smallest absolute Gasteiger partial charge is 0.253 e. The minimum Gasteiger partial charge on any atom is -0.401 e. The molecule has 37 nitrogen and oxygen atoms in total. The van der Waals surface area contributed by atoms with Crippen molar-refractivity contribution in [1.82, 2.24) is 67.7 Å². The van der Waals surface area contributed by atoms with Crippen molar-refractivity contribution in [3.63, 3.8) is 0 Å². The quantitative estimate of drug-likeness (QED) is 0.0210. The number of rotatable bonds is 64. The van der Waals surface area contributed by atoms with Crippen LogP contribution in [-0.4, -0.2) is 278 Å². The van der Waals surface area contributed by atoms with Crippen molar-refractivity contribution in [3.05, 3.63) is 47.8 Å². The number of ether oxygens (including phenoxy) is 11. The van der Waals surface area contributed by atoms with E-state index in [4.69, 9.17) is 63.6 Å². The number of unbranched alkanes of at least 4 members (excludes halogenated alkanes) is 7. The molecule has 108 heavy (non-hydrogen) atoms. The first kappa shape index (κ1) is 92.9. The number of nitrogens with zero attached hydrogens (tertiary/aromatic N) is 4. The first-order valence-corrected chi connectivity index (χ1v) is 37.7. The Labute approximate surface area is 633 Å². The molecule has 0 radical (unpaired) electrons. The molecule has 614 valence electrons. The van der Waals surface area contributed by atoms with Gasteiger partial charge in [0.2, 0.25) is 41.4 Å². The van der Waals surface area contributed by atoms with Crippen LogP contribution in [-0.2, 0) is 102 Å². The lowest BCUT2D eigenvalue weighted by Crippen LogP contribution is -2.52. The summed E-state index contributed by atoms with van der Waals surface area (Å²) in [5.41, 5.74) is 12.1. The summed E-state index contributed by atoms with van der Waals surface area (Å²) in [4.78, 5) is 115. The second kappa shape index (κ2) is 57.5. The number of nitrogens with one attached hydrogen (secondary N) is 9. The zero-order valence-electron chi connectivity index (χ0n) is 63.5. The topological polar surface area (TPSA) is 490 Å². The zero-order chi connectivity index (χ0) is 78.3. The van der Waals surface area contributed by atoms with E-state index in [1.807, 2.05) is 0 Å². The van der Waals surface area contributed by atoms with Gasteiger partial charge in [0.15, 0.2) is 0 Å². The molecule has 9 amide bonds. The molecule has 7 atom stereocenters. The van der Waals surface area contributed by atoms with E-state index in [-0.39, 0.29) is 256 Å². The Bertz CT molecular complexity index is 2840. The number of hydrogen-bond donors (Lipinski definition) is 13. The molecule has 0 aromatic carbocycles. The van der Waals surface area contributed by atoms with Crippen LogP contribution in [0.2, 0.25) is 0 Å². The number of hydrogen-bond acceptors (Lipinski definition) is 28. The van der Waals surface area contributed by atoms with E-state index in [9.17, 15) is 53.4 Å². The molecule has 2 fully saturated rings. The van der Waals surface area contributed by atoms with Gasteiger partial charge in [0, 0.05) is 114 Å². The van der Waals surface area contributed by atoms with Crippen molar-refractivity contribution in [3.8, 4) is 0 Å². The van der Waals surface area contributed by atoms with Crippen LogP contribution in [0.1, 0.15) is 155 Å². The third-order valence-electron chi connectivity index (χ3n) is 17.2. The van der Waals surface area contributed by atoms with Crippen LogP contribution >= 0.6 is 0 Å². The first-order chi connectivity index (χ1) is 52.3. The normalized spacial score (nSPS) is 18.7. The summed E-state index contributed by atoms with van der Waals surface area (Å²) in [6, 6.07) is -0.790. The minimum absolute atomic E-state index is 0.0403. The van der Waals surface area contributed by atoms with Crippen LogP contribution in [0, 0.1) is 0 Å². The lowest BCUT2D eigenvalue weighted by Gasteiger charge is -2.35. The number of carbonyl (C=O) groups excluding carboxylic acids is 9. The van der Waals surface area contributed by atoms with Gasteiger partial charge in [-0.1, -0.05) is 43.7 Å². The molecule has 37 heteroatoms. The van der Waals surface area contributed by atoms with Gasteiger partial charge < -0.3 is 122 Å². The predicted molar refractivity (Wildman–Crippen MR) is 391 cm³/mol. The highest BCUT2D eigenvalue weighted by Crippen LogP contribution is 2.31. The maximum Gasteiger partial charge on any atom is 0.253 e. The summed E-state index contributed by atoms with van der Waals surface area (Å²) in [6.07, 6.45) is 13.8. The Morgan fingerprint density at radius 3 is 1.51 bits per heavy atom. The highest BCUT2D eigenvalue weighted by atomic mass is 16.6. The average Bonchev–Trinajstić information content (AvgIpc) is 1.60. The van der Waals surface area contributed by atoms with Gasteiger partial charge in [-0.05, 0) is 58.3 Å². The number of allylic oxidation sites excluding steroid dienone is 1. The van der Waals surface area contributed by atoms with Crippen molar-refractivity contribution >= 4 is 53.2 Å². The van der Waals surface area contributed by atoms with Gasteiger partial charge in [0.05, 0.1) is 149 Å². The van der Waals surface area contributed by atoms with Crippen LogP contribution in [0.15, 0.2) is 42.1 Å². The maximum absolute atomic E-state index is 14.0. The molecule has 3 aliphatic rings. The Morgan fingerprint density at radius 1 is 0.565 bits per heavy atom. The van der Waals surface area contributed by atoms with Gasteiger partial charge in [-0.2, -0.15) is 0 Å². The first-order valence-electron chi connectivity index (χ1n) is 37.7. The monoisotopic (exact) mass is 1540 g/mol. The van der Waals surface area contributed by atoms with Crippen LogP contribution in [0.3, 0.4) is 0 Å². The number of aliphatic hydroxyl groups is 2. The fraction of sp³-hybridized carbons (Fsp3) is 0.761. The van der Waals surface area contributed by atoms with Gasteiger partial charge in [-0.15, -0.1) is 5.10 Å². The number of imide groups is 1. The molecule has 0 aliphatic carbocycles. The Morgan fingerprint density at radius 2 is 1.01 bits per heavy atom. The van der Waals surface area contributed by atoms with Crippen molar-refractivity contribution in [2.24, 2.45) is 11.5 Å². The lowest BCUT2D eigenvalue weighted by atomic mass is 9.82. The molecule has 4 heterocycles. The van der Waals surface area contributed by atoms with Gasteiger partial charge in [0.25, 0.3) is 11.8 Å². The van der Waals surface area contributed by atoms with E-state index in [1.165, 1.54) is 36.9 Å². The SMILES string of the molecule is CC(=O)N[C@@H]1C[C@@H](O)CO[C@H]1/C(N)=C/NCOCCOCCOCCNC(=O)CCC(CCC(=O)NCCOCCOCCOCN/C=C(/C)N)(CCC(=O)NCCOCCOCCOCn1cc([C@@H]2O[C@H](CO)CC[C@H]2NC(C)=O)nn1)NC(=O)CCCCCCCCCCC(=O)NCCN1C(=O)C=CC1=O. The van der Waals surface area contributed by atoms with Gasteiger partial charge in [-0.25, -0.2) is 4.68 Å². The summed E-state index contributed by atoms with van der Waals surface area (Å²) in [6.45, 7) is 9.79. The summed E-state index contributed by atoms with van der Waals surface area (Å²) >= 11 is 0. The van der Waals surface area contributed by atoms with Crippen LogP contribution < -0.4 is 59.3 Å². The second-order valence-corrected chi connectivity index (χ2v) is 26.4. The molecule has 0 spiro atoms. The van der Waals surface area contributed by atoms with E-state index < -0.39 is 29.9 Å². The van der Waals surface area contributed by atoms with Crippen molar-refractivity contribution < 1.29 is 105 Å². The Hall–Kier alpha value is -7.53. The van der Waals surface area contributed by atoms with E-state index in [1.54, 1.807) is 19.3 Å². The summed E-state index contributed by atoms with van der Waals surface area (Å²) in [7, 11) is 0. The lowest BCUT2D eigenvalue weighted by molar-refractivity contribution is -0.137. The van der Waals surface area contributed by atoms with Crippen LogP contribution in [0.4, 0.5) is 0 Å². The second-order valence-electron chi connectivity index (χ2n) is 26.4. The molecular formula is C71H123N15O22. The number of aliphatic hydroxyl groups excluding tert-OH is 2. The molecule has 0 saturated carbocycles. The number of amides is 9. The van der Waals surface area contributed by atoms with Crippen molar-refractivity contribution in [2.75, 3.05) is 159 Å². The fourth-order valence-electron chi connectivity index (χ4n) is 11.6. The Balaban J connectivity index is 1.25. The van der Waals surface area contributed by atoms with Gasteiger partial charge in [-0.3, -0.25) is 48.1 Å². The number of carbonyl (C=O) groups is 9. The largest absolute Gasteiger partial charge is 0.401 e. The molecule has 4 rings (SSSR count). The molecule has 2 saturated heterocycles. The molecule has 0 bridgehead atoms. The zero-order valence-corrected chi connectivity index (χ0v) is 63.5. The van der Waals surface area contributed by atoms with E-state index in [0.29, 0.717) is 75.4 Å². The van der Waals surface area contributed by atoms with Crippen molar-refractivity contribution in [1.29, 1.82) is 0 Å². The minimum atomic E-state index is -1.16. The third kappa shape index (κ3) is 43.6. The highest BCUT2D eigenvalue weighted by Gasteiger charge is 2.37. The molecule has 3 aliphatic heterocycles. The van der Waals surface area contributed by atoms with E-state index >= 15 is 0 Å². The summed E-state index contributed by atoms with van der Waals surface area (Å²) < 4.78 is 63.8. The molecular weight excluding hydrogens is 1410 g/mol. The number of nitrogens with two attached hydrogens (primary N) is 2. The molecule has 1 aromatic heterocycles. The number of aromatic nitrogens is 3. The molecule has 1 aromatic rings. The van der Waals surface area contributed by atoms with Gasteiger partial charge in [0.1, 0.15) is 38.1 Å².